The molecule has 17 heavy (non-hydrogen) atoms. The summed E-state index contributed by atoms with van der Waals surface area (Å²) in [5, 5.41) is 8.64. The van der Waals surface area contributed by atoms with Crippen molar-refractivity contribution >= 4 is 10.0 Å². The van der Waals surface area contributed by atoms with E-state index in [4.69, 9.17) is 5.11 Å². The number of aliphatic hydroxyl groups is 1. The zero-order valence-corrected chi connectivity index (χ0v) is 10.3. The topological polar surface area (TPSA) is 99.3 Å². The van der Waals surface area contributed by atoms with Gasteiger partial charge in [-0.1, -0.05) is 0 Å². The van der Waals surface area contributed by atoms with E-state index in [0.717, 1.165) is 12.3 Å². The Balaban J connectivity index is 2.83. The summed E-state index contributed by atoms with van der Waals surface area (Å²) in [5.41, 5.74) is -0.550. The second kappa shape index (κ2) is 5.95. The molecule has 0 saturated heterocycles. The second-order valence-corrected chi connectivity index (χ2v) is 5.44. The molecule has 0 fully saturated rings. The minimum Gasteiger partial charge on any atom is -0.396 e. The number of H-pyrrole nitrogens is 1. The highest BCUT2D eigenvalue weighted by atomic mass is 32.2. The van der Waals surface area contributed by atoms with Gasteiger partial charge in [0.05, 0.1) is 0 Å². The summed E-state index contributed by atoms with van der Waals surface area (Å²) >= 11 is 0. The van der Waals surface area contributed by atoms with Gasteiger partial charge in [-0.05, 0) is 19.8 Å². The fourth-order valence-corrected chi connectivity index (χ4v) is 2.73. The van der Waals surface area contributed by atoms with Crippen molar-refractivity contribution < 1.29 is 13.5 Å². The molecule has 7 heteroatoms. The van der Waals surface area contributed by atoms with Crippen LogP contribution in [0.25, 0.3) is 0 Å². The lowest BCUT2D eigenvalue weighted by molar-refractivity contribution is 0.279. The number of nitrogens with one attached hydrogen (secondary N) is 2. The molecule has 0 amide bonds. The number of aromatic amines is 1. The van der Waals surface area contributed by atoms with E-state index >= 15 is 0 Å². The molecular weight excluding hydrogens is 244 g/mol. The van der Waals surface area contributed by atoms with E-state index in [1.807, 2.05) is 0 Å². The van der Waals surface area contributed by atoms with E-state index in [1.165, 1.54) is 6.20 Å². The molecule has 0 bridgehead atoms. The Morgan fingerprint density at radius 1 is 1.53 bits per heavy atom. The van der Waals surface area contributed by atoms with Gasteiger partial charge in [0.15, 0.2) is 0 Å². The number of hydrogen-bond acceptors (Lipinski definition) is 4. The molecule has 1 aromatic rings. The van der Waals surface area contributed by atoms with Gasteiger partial charge >= 0.3 is 0 Å². The van der Waals surface area contributed by atoms with Gasteiger partial charge in [0.2, 0.25) is 15.5 Å². The molecule has 0 spiro atoms. The van der Waals surface area contributed by atoms with Crippen LogP contribution in [0.2, 0.25) is 0 Å². The van der Waals surface area contributed by atoms with E-state index in [-0.39, 0.29) is 17.5 Å². The quantitative estimate of drug-likeness (QED) is 0.660. The third kappa shape index (κ3) is 3.95. The molecule has 0 aliphatic rings. The summed E-state index contributed by atoms with van der Waals surface area (Å²) in [6, 6.07) is 0.833. The van der Waals surface area contributed by atoms with Gasteiger partial charge in [-0.3, -0.25) is 4.79 Å². The smallest absolute Gasteiger partial charge is 0.246 e. The zero-order chi connectivity index (χ0) is 12.9. The van der Waals surface area contributed by atoms with Gasteiger partial charge < -0.3 is 10.1 Å². The second-order valence-electron chi connectivity index (χ2n) is 3.76. The molecule has 3 N–H and O–H groups in total. The van der Waals surface area contributed by atoms with Crippen LogP contribution in [0.4, 0.5) is 0 Å². The Hall–Kier alpha value is -1.18. The van der Waals surface area contributed by atoms with Crippen molar-refractivity contribution in [1.29, 1.82) is 0 Å². The van der Waals surface area contributed by atoms with E-state index in [9.17, 15) is 13.2 Å². The van der Waals surface area contributed by atoms with Crippen LogP contribution < -0.4 is 10.2 Å². The number of hydrogen-bond donors (Lipinski definition) is 3. The van der Waals surface area contributed by atoms with Crippen molar-refractivity contribution in [3.63, 3.8) is 0 Å². The first-order chi connectivity index (χ1) is 7.97. The van der Waals surface area contributed by atoms with Crippen LogP contribution >= 0.6 is 0 Å². The van der Waals surface area contributed by atoms with Gasteiger partial charge in [-0.25, -0.2) is 13.1 Å². The molecule has 1 unspecified atom stereocenters. The Bertz CT molecular complexity index is 509. The number of pyridine rings is 1. The van der Waals surface area contributed by atoms with Crippen LogP contribution in [-0.4, -0.2) is 31.2 Å². The maximum Gasteiger partial charge on any atom is 0.246 e. The highest BCUT2D eigenvalue weighted by Gasteiger charge is 2.19. The van der Waals surface area contributed by atoms with Crippen LogP contribution in [0.5, 0.6) is 0 Å². The highest BCUT2D eigenvalue weighted by Crippen LogP contribution is 2.04. The first kappa shape index (κ1) is 13.9. The molecule has 1 atom stereocenters. The van der Waals surface area contributed by atoms with Crippen molar-refractivity contribution in [3.05, 3.63) is 28.7 Å². The minimum absolute atomic E-state index is 0.0119. The average Bonchev–Trinajstić information content (AvgIpc) is 2.26. The molecule has 0 radical (unpaired) electrons. The van der Waals surface area contributed by atoms with Crippen molar-refractivity contribution in [2.75, 3.05) is 6.61 Å². The number of sulfonamides is 1. The molecule has 96 valence electrons. The first-order valence-corrected chi connectivity index (χ1v) is 6.76. The number of rotatable bonds is 6. The summed E-state index contributed by atoms with van der Waals surface area (Å²) in [6.45, 7) is 1.70. The molecule has 1 heterocycles. The van der Waals surface area contributed by atoms with Crippen molar-refractivity contribution in [2.24, 2.45) is 0 Å². The van der Waals surface area contributed by atoms with Crippen LogP contribution in [-0.2, 0) is 10.0 Å². The van der Waals surface area contributed by atoms with Gasteiger partial charge in [-0.2, -0.15) is 0 Å². The van der Waals surface area contributed by atoms with Crippen molar-refractivity contribution in [2.45, 2.75) is 30.7 Å². The number of aromatic nitrogens is 1. The molecule has 0 aromatic carbocycles. The third-order valence-corrected chi connectivity index (χ3v) is 3.84. The summed E-state index contributed by atoms with van der Waals surface area (Å²) < 4.78 is 26.1. The molecule has 1 aromatic heterocycles. The summed E-state index contributed by atoms with van der Waals surface area (Å²) in [5.74, 6) is 0. The van der Waals surface area contributed by atoms with E-state index < -0.39 is 15.5 Å². The van der Waals surface area contributed by atoms with E-state index in [0.29, 0.717) is 12.8 Å². The fourth-order valence-electron chi connectivity index (χ4n) is 1.40. The standard InChI is InChI=1S/C10H16N2O4S/c1-8(3-2-6-13)12-17(15,16)10-7-11-5-4-9(10)14/h4-5,7-8,12-13H,2-3,6H2,1H3,(H,11,14). The SMILES string of the molecule is CC(CCCO)NS(=O)(=O)c1c[nH]ccc1=O. The van der Waals surface area contributed by atoms with Gasteiger partial charge in [0.1, 0.15) is 4.90 Å². The lowest BCUT2D eigenvalue weighted by Gasteiger charge is -2.12. The molecule has 0 aliphatic heterocycles. The highest BCUT2D eigenvalue weighted by molar-refractivity contribution is 7.89. The van der Waals surface area contributed by atoms with E-state index in [1.54, 1.807) is 6.92 Å². The lowest BCUT2D eigenvalue weighted by Crippen LogP contribution is -2.35. The Kier molecular flexibility index (Phi) is 4.86. The fraction of sp³-hybridized carbons (Fsp3) is 0.500. The molecule has 0 saturated carbocycles. The van der Waals surface area contributed by atoms with Crippen LogP contribution in [0.3, 0.4) is 0 Å². The molecule has 0 aliphatic carbocycles. The van der Waals surface area contributed by atoms with Gasteiger partial charge in [0, 0.05) is 31.1 Å². The number of aliphatic hydroxyl groups excluding tert-OH is 1. The average molecular weight is 260 g/mol. The van der Waals surface area contributed by atoms with Gasteiger partial charge in [-0.15, -0.1) is 0 Å². The molecule has 6 nitrogen and oxygen atoms in total. The summed E-state index contributed by atoms with van der Waals surface area (Å²) in [6.07, 6.45) is 3.55. The Morgan fingerprint density at radius 2 is 2.24 bits per heavy atom. The molecule has 1 rings (SSSR count). The predicted molar refractivity (Wildman–Crippen MR) is 63.2 cm³/mol. The maximum absolute atomic E-state index is 11.8. The van der Waals surface area contributed by atoms with Gasteiger partial charge in [0.25, 0.3) is 0 Å². The third-order valence-electron chi connectivity index (χ3n) is 2.23. The van der Waals surface area contributed by atoms with Crippen LogP contribution in [0.1, 0.15) is 19.8 Å². The maximum atomic E-state index is 11.8. The molecular formula is C10H16N2O4S. The predicted octanol–water partition coefficient (Wildman–Crippen LogP) is -0.186. The lowest BCUT2D eigenvalue weighted by atomic mass is 10.2. The zero-order valence-electron chi connectivity index (χ0n) is 9.51. The summed E-state index contributed by atoms with van der Waals surface area (Å²) in [4.78, 5) is 13.7. The van der Waals surface area contributed by atoms with E-state index in [2.05, 4.69) is 9.71 Å². The largest absolute Gasteiger partial charge is 0.396 e. The Morgan fingerprint density at radius 3 is 2.82 bits per heavy atom. The minimum atomic E-state index is -3.80. The first-order valence-electron chi connectivity index (χ1n) is 5.27. The van der Waals surface area contributed by atoms with Crippen LogP contribution in [0.15, 0.2) is 28.2 Å². The monoisotopic (exact) mass is 260 g/mol. The Labute approximate surface area is 99.7 Å². The van der Waals surface area contributed by atoms with Crippen LogP contribution in [0, 0.1) is 0 Å². The normalized spacial score (nSPS) is 13.5. The van der Waals surface area contributed by atoms with Crippen molar-refractivity contribution in [1.82, 2.24) is 9.71 Å². The van der Waals surface area contributed by atoms with Crippen molar-refractivity contribution in [3.8, 4) is 0 Å². The summed E-state index contributed by atoms with van der Waals surface area (Å²) in [7, 11) is -3.80.